The second-order valence-electron chi connectivity index (χ2n) is 6.49. The van der Waals surface area contributed by atoms with Crippen LogP contribution in [0.5, 0.6) is 0 Å². The Morgan fingerprint density at radius 2 is 2.32 bits per heavy atom. The van der Waals surface area contributed by atoms with E-state index in [1.807, 2.05) is 4.57 Å². The summed E-state index contributed by atoms with van der Waals surface area (Å²) in [5.41, 5.74) is 2.12. The molecule has 4 heteroatoms. The summed E-state index contributed by atoms with van der Waals surface area (Å²) < 4.78 is 1.88. The summed E-state index contributed by atoms with van der Waals surface area (Å²) in [5, 5.41) is 3.27. The fraction of sp³-hybridized carbons (Fsp3) is 0.733. The molecule has 3 atom stereocenters. The van der Waals surface area contributed by atoms with Crippen molar-refractivity contribution < 1.29 is 0 Å². The van der Waals surface area contributed by atoms with Crippen LogP contribution >= 0.6 is 0 Å². The Bertz CT molecular complexity index is 551. The quantitative estimate of drug-likeness (QED) is 0.871. The number of nitrogens with one attached hydrogen (secondary N) is 1. The van der Waals surface area contributed by atoms with Crippen molar-refractivity contribution in [2.45, 2.75) is 45.2 Å². The Labute approximate surface area is 113 Å². The zero-order valence-corrected chi connectivity index (χ0v) is 11.3. The maximum Gasteiger partial charge on any atom is 0.256 e. The van der Waals surface area contributed by atoms with E-state index in [1.165, 1.54) is 25.7 Å². The SMILES string of the molecule is O=c1c2c(ncn1CC1CC3CCC1C3)CNCC2. The first-order valence-electron chi connectivity index (χ1n) is 7.59. The predicted molar refractivity (Wildman–Crippen MR) is 72.8 cm³/mol. The van der Waals surface area contributed by atoms with Crippen molar-refractivity contribution in [3.05, 3.63) is 27.9 Å². The van der Waals surface area contributed by atoms with Crippen molar-refractivity contribution in [1.29, 1.82) is 0 Å². The van der Waals surface area contributed by atoms with E-state index in [0.717, 1.165) is 55.1 Å². The molecule has 0 spiro atoms. The molecular formula is C15H21N3O. The summed E-state index contributed by atoms with van der Waals surface area (Å²) in [5.74, 6) is 2.54. The maximum absolute atomic E-state index is 12.5. The molecule has 19 heavy (non-hydrogen) atoms. The van der Waals surface area contributed by atoms with Gasteiger partial charge < -0.3 is 5.32 Å². The largest absolute Gasteiger partial charge is 0.311 e. The molecule has 3 aliphatic rings. The lowest BCUT2D eigenvalue weighted by molar-refractivity contribution is 0.291. The molecule has 2 bridgehead atoms. The molecule has 1 aromatic heterocycles. The highest BCUT2D eigenvalue weighted by atomic mass is 16.1. The fourth-order valence-corrected chi connectivity index (χ4v) is 4.37. The van der Waals surface area contributed by atoms with Gasteiger partial charge in [-0.15, -0.1) is 0 Å². The van der Waals surface area contributed by atoms with E-state index in [4.69, 9.17) is 0 Å². The molecule has 2 saturated carbocycles. The van der Waals surface area contributed by atoms with E-state index in [9.17, 15) is 4.79 Å². The molecule has 1 aliphatic heterocycles. The van der Waals surface area contributed by atoms with Crippen LogP contribution in [0.2, 0.25) is 0 Å². The van der Waals surface area contributed by atoms with Gasteiger partial charge in [-0.25, -0.2) is 4.98 Å². The lowest BCUT2D eigenvalue weighted by Gasteiger charge is -2.23. The molecule has 3 unspecified atom stereocenters. The third-order valence-electron chi connectivity index (χ3n) is 5.38. The number of nitrogens with zero attached hydrogens (tertiary/aromatic N) is 2. The number of rotatable bonds is 2. The molecule has 102 valence electrons. The van der Waals surface area contributed by atoms with E-state index in [1.54, 1.807) is 6.33 Å². The molecule has 1 N–H and O–H groups in total. The summed E-state index contributed by atoms with van der Waals surface area (Å²) in [6.45, 7) is 2.55. The van der Waals surface area contributed by atoms with Gasteiger partial charge >= 0.3 is 0 Å². The first kappa shape index (κ1) is 11.6. The highest BCUT2D eigenvalue weighted by Gasteiger charge is 2.39. The molecule has 0 radical (unpaired) electrons. The molecule has 2 aliphatic carbocycles. The minimum atomic E-state index is 0.217. The zero-order valence-electron chi connectivity index (χ0n) is 11.3. The standard InChI is InChI=1S/C15H21N3O/c19-15-13-3-4-16-7-14(13)17-9-18(15)8-12-6-10-1-2-11(12)5-10/h9-12,16H,1-8H2. The lowest BCUT2D eigenvalue weighted by Crippen LogP contribution is -2.35. The second kappa shape index (κ2) is 4.44. The summed E-state index contributed by atoms with van der Waals surface area (Å²) in [7, 11) is 0. The van der Waals surface area contributed by atoms with Crippen LogP contribution < -0.4 is 10.9 Å². The van der Waals surface area contributed by atoms with Crippen molar-refractivity contribution in [1.82, 2.24) is 14.9 Å². The lowest BCUT2D eigenvalue weighted by atomic mass is 9.89. The van der Waals surface area contributed by atoms with Crippen LogP contribution in [-0.2, 0) is 19.5 Å². The molecule has 0 saturated heterocycles. The third-order valence-corrected chi connectivity index (χ3v) is 5.38. The maximum atomic E-state index is 12.5. The van der Waals surface area contributed by atoms with E-state index in [0.29, 0.717) is 0 Å². The Kier molecular flexibility index (Phi) is 2.72. The van der Waals surface area contributed by atoms with E-state index in [2.05, 4.69) is 10.3 Å². The van der Waals surface area contributed by atoms with Gasteiger partial charge in [0.1, 0.15) is 0 Å². The summed E-state index contributed by atoms with van der Waals surface area (Å²) >= 11 is 0. The topological polar surface area (TPSA) is 46.9 Å². The first-order valence-corrected chi connectivity index (χ1v) is 7.59. The van der Waals surface area contributed by atoms with Crippen molar-refractivity contribution in [2.75, 3.05) is 6.54 Å². The molecular weight excluding hydrogens is 238 g/mol. The molecule has 4 rings (SSSR count). The number of hydrogen-bond acceptors (Lipinski definition) is 3. The Balaban J connectivity index is 1.60. The van der Waals surface area contributed by atoms with Gasteiger partial charge in [0.15, 0.2) is 0 Å². The van der Waals surface area contributed by atoms with Gasteiger partial charge in [-0.1, -0.05) is 6.42 Å². The Hall–Kier alpha value is -1.16. The van der Waals surface area contributed by atoms with Crippen molar-refractivity contribution in [2.24, 2.45) is 17.8 Å². The van der Waals surface area contributed by atoms with Gasteiger partial charge in [-0.3, -0.25) is 9.36 Å². The van der Waals surface area contributed by atoms with Crippen LogP contribution in [0.1, 0.15) is 36.9 Å². The number of fused-ring (bicyclic) bond motifs is 3. The molecule has 0 aromatic carbocycles. The Morgan fingerprint density at radius 3 is 3.11 bits per heavy atom. The second-order valence-corrected chi connectivity index (χ2v) is 6.49. The minimum Gasteiger partial charge on any atom is -0.311 e. The van der Waals surface area contributed by atoms with Crippen LogP contribution in [0.25, 0.3) is 0 Å². The normalized spacial score (nSPS) is 32.5. The number of hydrogen-bond donors (Lipinski definition) is 1. The monoisotopic (exact) mass is 259 g/mol. The van der Waals surface area contributed by atoms with Crippen LogP contribution in [0.3, 0.4) is 0 Å². The van der Waals surface area contributed by atoms with Crippen LogP contribution in [0.15, 0.2) is 11.1 Å². The molecule has 2 heterocycles. The molecule has 0 amide bonds. The van der Waals surface area contributed by atoms with Gasteiger partial charge in [-0.2, -0.15) is 0 Å². The first-order chi connectivity index (χ1) is 9.31. The van der Waals surface area contributed by atoms with Gasteiger partial charge in [-0.05, 0) is 50.0 Å². The van der Waals surface area contributed by atoms with Crippen LogP contribution in [-0.4, -0.2) is 16.1 Å². The minimum absolute atomic E-state index is 0.217. The highest BCUT2D eigenvalue weighted by Crippen LogP contribution is 2.48. The summed E-state index contributed by atoms with van der Waals surface area (Å²) in [6.07, 6.45) is 8.15. The number of aromatic nitrogens is 2. The Morgan fingerprint density at radius 1 is 1.37 bits per heavy atom. The molecule has 1 aromatic rings. The molecule has 4 nitrogen and oxygen atoms in total. The summed E-state index contributed by atoms with van der Waals surface area (Å²) in [4.78, 5) is 17.0. The van der Waals surface area contributed by atoms with Gasteiger partial charge in [0.2, 0.25) is 0 Å². The van der Waals surface area contributed by atoms with Crippen molar-refractivity contribution in [3.63, 3.8) is 0 Å². The van der Waals surface area contributed by atoms with Gasteiger partial charge in [0, 0.05) is 18.7 Å². The molecule has 2 fully saturated rings. The smallest absolute Gasteiger partial charge is 0.256 e. The van der Waals surface area contributed by atoms with Crippen molar-refractivity contribution in [3.8, 4) is 0 Å². The van der Waals surface area contributed by atoms with Crippen LogP contribution in [0.4, 0.5) is 0 Å². The van der Waals surface area contributed by atoms with Crippen LogP contribution in [0, 0.1) is 17.8 Å². The predicted octanol–water partition coefficient (Wildman–Crippen LogP) is 1.33. The fourth-order valence-electron chi connectivity index (χ4n) is 4.37. The van der Waals surface area contributed by atoms with Gasteiger partial charge in [0.05, 0.1) is 12.0 Å². The van der Waals surface area contributed by atoms with Crippen molar-refractivity contribution >= 4 is 0 Å². The average molecular weight is 259 g/mol. The van der Waals surface area contributed by atoms with Gasteiger partial charge in [0.25, 0.3) is 5.56 Å². The zero-order chi connectivity index (χ0) is 12.8. The van der Waals surface area contributed by atoms with E-state index < -0.39 is 0 Å². The van der Waals surface area contributed by atoms with E-state index >= 15 is 0 Å². The van der Waals surface area contributed by atoms with E-state index in [-0.39, 0.29) is 5.56 Å². The average Bonchev–Trinajstić information content (AvgIpc) is 3.05. The third kappa shape index (κ3) is 1.93. The summed E-state index contributed by atoms with van der Waals surface area (Å²) in [6, 6.07) is 0. The highest BCUT2D eigenvalue weighted by molar-refractivity contribution is 5.19.